The number of likely N-dealkylation sites (N-methyl/N-ethyl adjacent to an activating group) is 1. The molecule has 1 fully saturated rings. The van der Waals surface area contributed by atoms with E-state index in [1.54, 1.807) is 0 Å². The Morgan fingerprint density at radius 1 is 1.38 bits per heavy atom. The first kappa shape index (κ1) is 16.3. The Kier molecular flexibility index (Phi) is 4.62. The molecule has 1 heterocycles. The van der Waals surface area contributed by atoms with Crippen molar-refractivity contribution in [3.8, 4) is 0 Å². The van der Waals surface area contributed by atoms with Gasteiger partial charge in [-0.05, 0) is 32.6 Å². The zero-order valence-electron chi connectivity index (χ0n) is 12.0. The molecule has 2 rings (SSSR count). The topological polar surface area (TPSA) is 66.6 Å². The summed E-state index contributed by atoms with van der Waals surface area (Å²) < 4.78 is 53.9. The molecule has 8 heteroatoms. The number of rotatable bonds is 4. The van der Waals surface area contributed by atoms with Crippen LogP contribution in [0, 0.1) is 11.6 Å². The van der Waals surface area contributed by atoms with Crippen molar-refractivity contribution < 1.29 is 17.2 Å². The average molecular weight is 319 g/mol. The van der Waals surface area contributed by atoms with Gasteiger partial charge in [0.05, 0.1) is 0 Å². The molecule has 0 aliphatic carbocycles. The zero-order chi connectivity index (χ0) is 15.8. The van der Waals surface area contributed by atoms with Gasteiger partial charge in [-0.3, -0.25) is 0 Å². The maximum absolute atomic E-state index is 14.2. The molecular weight excluding hydrogens is 300 g/mol. The molecule has 0 amide bonds. The van der Waals surface area contributed by atoms with Gasteiger partial charge in [0.25, 0.3) is 0 Å². The largest absolute Gasteiger partial charge is 0.326 e. The Hall–Kier alpha value is -1.09. The van der Waals surface area contributed by atoms with E-state index in [1.165, 1.54) is 4.31 Å². The van der Waals surface area contributed by atoms with Crippen molar-refractivity contribution in [2.24, 2.45) is 5.73 Å². The zero-order valence-corrected chi connectivity index (χ0v) is 12.8. The van der Waals surface area contributed by atoms with Crippen LogP contribution in [0.5, 0.6) is 0 Å². The van der Waals surface area contributed by atoms with Crippen LogP contribution >= 0.6 is 0 Å². The maximum Gasteiger partial charge on any atom is 0.246 e. The highest BCUT2D eigenvalue weighted by Crippen LogP contribution is 2.27. The molecule has 1 aromatic carbocycles. The Morgan fingerprint density at radius 2 is 2.05 bits per heavy atom. The summed E-state index contributed by atoms with van der Waals surface area (Å²) in [5, 5.41) is 0. The molecule has 0 bridgehead atoms. The first-order chi connectivity index (χ1) is 9.78. The van der Waals surface area contributed by atoms with Crippen LogP contribution in [0.25, 0.3) is 0 Å². The van der Waals surface area contributed by atoms with Gasteiger partial charge in [-0.2, -0.15) is 4.31 Å². The van der Waals surface area contributed by atoms with Crippen molar-refractivity contribution in [1.82, 2.24) is 9.21 Å². The van der Waals surface area contributed by atoms with Gasteiger partial charge in [-0.25, -0.2) is 17.2 Å². The van der Waals surface area contributed by atoms with E-state index in [4.69, 9.17) is 5.73 Å². The Morgan fingerprint density at radius 3 is 2.57 bits per heavy atom. The number of sulfonamides is 1. The molecule has 0 radical (unpaired) electrons. The summed E-state index contributed by atoms with van der Waals surface area (Å²) in [6, 6.07) is 2.00. The molecule has 1 aromatic rings. The summed E-state index contributed by atoms with van der Waals surface area (Å²) in [5.74, 6) is -1.92. The van der Waals surface area contributed by atoms with Crippen LogP contribution in [0.3, 0.4) is 0 Å². The van der Waals surface area contributed by atoms with E-state index in [0.29, 0.717) is 19.5 Å². The normalized spacial score (nSPS) is 20.4. The van der Waals surface area contributed by atoms with Gasteiger partial charge in [0.15, 0.2) is 5.82 Å². The van der Waals surface area contributed by atoms with Crippen molar-refractivity contribution in [2.45, 2.75) is 23.9 Å². The summed E-state index contributed by atoms with van der Waals surface area (Å²) in [6.07, 6.45) is 0.679. The predicted molar refractivity (Wildman–Crippen MR) is 75.1 cm³/mol. The van der Waals surface area contributed by atoms with Gasteiger partial charge in [0.2, 0.25) is 10.0 Å². The highest BCUT2D eigenvalue weighted by molar-refractivity contribution is 7.89. The smallest absolute Gasteiger partial charge is 0.246 e. The highest BCUT2D eigenvalue weighted by Gasteiger charge is 2.35. The third-order valence-corrected chi connectivity index (χ3v) is 5.71. The number of hydrogen-bond acceptors (Lipinski definition) is 4. The van der Waals surface area contributed by atoms with E-state index in [9.17, 15) is 17.2 Å². The van der Waals surface area contributed by atoms with E-state index in [2.05, 4.69) is 0 Å². The van der Waals surface area contributed by atoms with Crippen molar-refractivity contribution in [3.05, 3.63) is 29.3 Å². The third-order valence-electron chi connectivity index (χ3n) is 3.83. The Balaban J connectivity index is 2.38. The number of halogens is 2. The van der Waals surface area contributed by atoms with E-state index in [1.807, 2.05) is 19.0 Å². The van der Waals surface area contributed by atoms with Crippen LogP contribution in [0.15, 0.2) is 17.0 Å². The maximum atomic E-state index is 14.2. The van der Waals surface area contributed by atoms with Crippen LogP contribution in [-0.2, 0) is 16.6 Å². The van der Waals surface area contributed by atoms with Crippen molar-refractivity contribution in [2.75, 3.05) is 27.2 Å². The fourth-order valence-electron chi connectivity index (χ4n) is 2.45. The van der Waals surface area contributed by atoms with Crippen LogP contribution in [-0.4, -0.2) is 50.8 Å². The number of hydrogen-bond donors (Lipinski definition) is 1. The summed E-state index contributed by atoms with van der Waals surface area (Å²) in [4.78, 5) is 1.42. The highest BCUT2D eigenvalue weighted by atomic mass is 32.2. The van der Waals surface area contributed by atoms with E-state index in [-0.39, 0.29) is 12.6 Å². The minimum atomic E-state index is -3.98. The first-order valence-corrected chi connectivity index (χ1v) is 8.06. The molecule has 0 saturated carbocycles. The van der Waals surface area contributed by atoms with E-state index < -0.39 is 32.1 Å². The van der Waals surface area contributed by atoms with E-state index >= 15 is 0 Å². The second-order valence-corrected chi connectivity index (χ2v) is 7.22. The fraction of sp³-hybridized carbons (Fsp3) is 0.538. The van der Waals surface area contributed by atoms with Gasteiger partial charge < -0.3 is 10.6 Å². The Labute approximate surface area is 123 Å². The SMILES string of the molecule is CN(C)C1CCN(S(=O)(=O)c2ccc(F)c(CN)c2F)C1. The predicted octanol–water partition coefficient (Wildman–Crippen LogP) is 0.748. The molecular formula is C13H19F2N3O2S. The van der Waals surface area contributed by atoms with Gasteiger partial charge >= 0.3 is 0 Å². The molecule has 5 nitrogen and oxygen atoms in total. The van der Waals surface area contributed by atoms with Crippen LogP contribution < -0.4 is 5.73 Å². The molecule has 1 aliphatic rings. The third kappa shape index (κ3) is 2.94. The molecule has 0 aromatic heterocycles. The summed E-state index contributed by atoms with van der Waals surface area (Å²) in [7, 11) is -0.242. The van der Waals surface area contributed by atoms with Crippen molar-refractivity contribution in [1.29, 1.82) is 0 Å². The van der Waals surface area contributed by atoms with Gasteiger partial charge in [0.1, 0.15) is 10.7 Å². The molecule has 1 aliphatic heterocycles. The number of nitrogens with zero attached hydrogens (tertiary/aromatic N) is 2. The lowest BCUT2D eigenvalue weighted by Gasteiger charge is -2.21. The molecule has 1 unspecified atom stereocenters. The first-order valence-electron chi connectivity index (χ1n) is 6.62. The standard InChI is InChI=1S/C13H19F2N3O2S/c1-17(2)9-5-6-18(8-9)21(19,20)12-4-3-11(14)10(7-16)13(12)15/h3-4,9H,5-8,16H2,1-2H3. The molecule has 1 atom stereocenters. The molecule has 118 valence electrons. The van der Waals surface area contributed by atoms with Crippen molar-refractivity contribution in [3.63, 3.8) is 0 Å². The lowest BCUT2D eigenvalue weighted by atomic mass is 10.2. The van der Waals surface area contributed by atoms with Gasteiger partial charge in [0, 0.05) is 31.2 Å². The number of benzene rings is 1. The second kappa shape index (κ2) is 5.96. The van der Waals surface area contributed by atoms with Crippen LogP contribution in [0.2, 0.25) is 0 Å². The average Bonchev–Trinajstić information content (AvgIpc) is 2.89. The lowest BCUT2D eigenvalue weighted by molar-refractivity contribution is 0.302. The lowest BCUT2D eigenvalue weighted by Crippen LogP contribution is -2.35. The summed E-state index contributed by atoms with van der Waals surface area (Å²) in [5.41, 5.74) is 4.88. The molecule has 1 saturated heterocycles. The van der Waals surface area contributed by atoms with E-state index in [0.717, 1.165) is 12.1 Å². The fourth-order valence-corrected chi connectivity index (χ4v) is 4.03. The van der Waals surface area contributed by atoms with Crippen molar-refractivity contribution >= 4 is 10.0 Å². The quantitative estimate of drug-likeness (QED) is 0.889. The van der Waals surface area contributed by atoms with Crippen LogP contribution in [0.1, 0.15) is 12.0 Å². The molecule has 21 heavy (non-hydrogen) atoms. The van der Waals surface area contributed by atoms with Gasteiger partial charge in [-0.15, -0.1) is 0 Å². The minimum absolute atomic E-state index is 0.0947. The molecule has 2 N–H and O–H groups in total. The summed E-state index contributed by atoms with van der Waals surface area (Å²) >= 11 is 0. The second-order valence-electron chi connectivity index (χ2n) is 5.31. The van der Waals surface area contributed by atoms with Crippen LogP contribution in [0.4, 0.5) is 8.78 Å². The monoisotopic (exact) mass is 319 g/mol. The molecule has 0 spiro atoms. The Bertz CT molecular complexity index is 635. The van der Waals surface area contributed by atoms with Gasteiger partial charge in [-0.1, -0.05) is 0 Å². The number of nitrogens with two attached hydrogens (primary N) is 1. The summed E-state index contributed by atoms with van der Waals surface area (Å²) in [6.45, 7) is 0.228. The minimum Gasteiger partial charge on any atom is -0.326 e.